The Morgan fingerprint density at radius 3 is 1.25 bits per heavy atom. The van der Waals surface area contributed by atoms with E-state index in [1.54, 1.807) is 0 Å². The molecule has 0 saturated heterocycles. The van der Waals surface area contributed by atoms with Crippen molar-refractivity contribution >= 4 is 22.1 Å². The van der Waals surface area contributed by atoms with Crippen LogP contribution in [0.4, 0.5) is 0 Å². The summed E-state index contributed by atoms with van der Waals surface area (Å²) in [7, 11) is 0. The molecule has 1 aliphatic carbocycles. The fraction of sp³-hybridized carbons (Fsp3) is 0.192. The number of rotatable bonds is 12. The first-order valence-electron chi connectivity index (χ1n) is 28.5. The van der Waals surface area contributed by atoms with Crippen LogP contribution in [0.2, 0.25) is 0 Å². The second-order valence-electron chi connectivity index (χ2n) is 22.7. The molecule has 80 heavy (non-hydrogen) atoms. The molecule has 392 valence electrons. The van der Waals surface area contributed by atoms with Gasteiger partial charge in [0.1, 0.15) is 11.6 Å². The Kier molecular flexibility index (Phi) is 13.4. The quantitative estimate of drug-likeness (QED) is 0.114. The number of aryl methyl sites for hydroxylation is 1. The highest BCUT2D eigenvalue weighted by molar-refractivity contribution is 5.85. The highest BCUT2D eigenvalue weighted by atomic mass is 15.1. The third-order valence-electron chi connectivity index (χ3n) is 16.5. The van der Waals surface area contributed by atoms with Gasteiger partial charge in [-0.15, -0.1) is 0 Å². The van der Waals surface area contributed by atoms with Crippen LogP contribution in [0.5, 0.6) is 0 Å². The number of imidazole rings is 2. The minimum Gasteiger partial charge on any atom is -0.292 e. The lowest BCUT2D eigenvalue weighted by Gasteiger charge is -2.27. The van der Waals surface area contributed by atoms with E-state index in [1.165, 1.54) is 38.9 Å². The number of hydrogen-bond acceptors (Lipinski definition) is 5. The van der Waals surface area contributed by atoms with Gasteiger partial charge in [-0.2, -0.15) is 0 Å². The Morgan fingerprint density at radius 1 is 0.350 bits per heavy atom. The Bertz CT molecular complexity index is 4010. The molecule has 0 saturated carbocycles. The molecule has 7 heteroatoms. The molecule has 0 radical (unpaired) electrons. The molecule has 13 rings (SSSR count). The van der Waals surface area contributed by atoms with Gasteiger partial charge in [0.2, 0.25) is 0 Å². The molecule has 3 aromatic heterocycles. The molecule has 1 aliphatic rings. The summed E-state index contributed by atoms with van der Waals surface area (Å²) in [5.74, 6) is 5.50. The molecule has 0 bridgehead atoms. The lowest BCUT2D eigenvalue weighted by molar-refractivity contribution is 0.519. The average Bonchev–Trinajstić information content (AvgIpc) is 4.07. The van der Waals surface area contributed by atoms with Crippen LogP contribution in [0.3, 0.4) is 0 Å². The normalized spacial score (nSPS) is 14.6. The summed E-state index contributed by atoms with van der Waals surface area (Å²) in [6.45, 7) is 13.5. The standard InChI is InChI=1S/C73H65N7/c1-46(2)56-18-13-21-60(42-56)64-45-59-17-8-7-16-49(59)40-41-63(64)50-28-30-51(31-29-50)69-76-70(52-32-36-54(37-33-52)72-74-65-24-9-11-26-67(65)79(72)61-22-14-19-57(43-61)47(3)4)78-71(77-69)53-34-38-55(39-35-53)73-75-66-25-10-12-27-68(66)80(73)62-23-15-20-58(44-62)48(5)6/h7-39,42-44,46-48,63-64H,40-41,45H2,1-6H3. The molecule has 0 amide bonds. The minimum absolute atomic E-state index is 0.333. The van der Waals surface area contributed by atoms with Crippen molar-refractivity contribution in [3.63, 3.8) is 0 Å². The second kappa shape index (κ2) is 21.3. The summed E-state index contributed by atoms with van der Waals surface area (Å²) >= 11 is 0. The number of hydrogen-bond donors (Lipinski definition) is 0. The van der Waals surface area contributed by atoms with E-state index in [0.717, 1.165) is 92.2 Å². The number of fused-ring (bicyclic) bond motifs is 3. The Hall–Kier alpha value is -9.07. The highest BCUT2D eigenvalue weighted by Crippen LogP contribution is 2.44. The van der Waals surface area contributed by atoms with Crippen molar-refractivity contribution in [1.82, 2.24) is 34.1 Å². The van der Waals surface area contributed by atoms with Crippen LogP contribution in [0.25, 0.3) is 90.4 Å². The van der Waals surface area contributed by atoms with Crippen molar-refractivity contribution in [3.05, 3.63) is 257 Å². The molecule has 3 heterocycles. The van der Waals surface area contributed by atoms with Crippen LogP contribution in [0.1, 0.15) is 116 Å². The van der Waals surface area contributed by atoms with Crippen LogP contribution < -0.4 is 0 Å². The van der Waals surface area contributed by atoms with Crippen molar-refractivity contribution < 1.29 is 0 Å². The monoisotopic (exact) mass is 1040 g/mol. The second-order valence-corrected chi connectivity index (χ2v) is 22.7. The maximum absolute atomic E-state index is 5.30. The Morgan fingerprint density at radius 2 is 0.762 bits per heavy atom. The van der Waals surface area contributed by atoms with Crippen LogP contribution >= 0.6 is 0 Å². The zero-order valence-electron chi connectivity index (χ0n) is 46.4. The maximum atomic E-state index is 5.30. The van der Waals surface area contributed by atoms with Crippen LogP contribution in [-0.2, 0) is 12.8 Å². The summed E-state index contributed by atoms with van der Waals surface area (Å²) in [4.78, 5) is 26.3. The fourth-order valence-corrected chi connectivity index (χ4v) is 12.0. The van der Waals surface area contributed by atoms with E-state index < -0.39 is 0 Å². The summed E-state index contributed by atoms with van der Waals surface area (Å²) in [5, 5.41) is 0. The molecule has 9 aromatic carbocycles. The molecule has 0 spiro atoms. The van der Waals surface area contributed by atoms with Crippen molar-refractivity contribution in [2.45, 2.75) is 90.4 Å². The highest BCUT2D eigenvalue weighted by Gasteiger charge is 2.30. The molecule has 2 unspecified atom stereocenters. The average molecular weight is 1040 g/mol. The molecule has 0 N–H and O–H groups in total. The van der Waals surface area contributed by atoms with Gasteiger partial charge < -0.3 is 0 Å². The fourth-order valence-electron chi connectivity index (χ4n) is 12.0. The van der Waals surface area contributed by atoms with Gasteiger partial charge in [0.15, 0.2) is 17.5 Å². The Labute approximate surface area is 469 Å². The Balaban J connectivity index is 0.898. The van der Waals surface area contributed by atoms with Crippen molar-refractivity contribution in [1.29, 1.82) is 0 Å². The van der Waals surface area contributed by atoms with Crippen molar-refractivity contribution in [2.24, 2.45) is 0 Å². The van der Waals surface area contributed by atoms with Crippen molar-refractivity contribution in [3.8, 4) is 68.3 Å². The van der Waals surface area contributed by atoms with E-state index in [1.807, 2.05) is 0 Å². The summed E-state index contributed by atoms with van der Waals surface area (Å²) < 4.78 is 4.55. The number of aromatic nitrogens is 7. The van der Waals surface area contributed by atoms with Gasteiger partial charge >= 0.3 is 0 Å². The molecule has 2 atom stereocenters. The largest absolute Gasteiger partial charge is 0.292 e. The number of benzene rings is 9. The van der Waals surface area contributed by atoms with Gasteiger partial charge in [-0.05, 0) is 136 Å². The van der Waals surface area contributed by atoms with E-state index >= 15 is 0 Å². The molecule has 12 aromatic rings. The predicted molar refractivity (Wildman–Crippen MR) is 329 cm³/mol. The van der Waals surface area contributed by atoms with Gasteiger partial charge in [0, 0.05) is 39.2 Å². The van der Waals surface area contributed by atoms with Gasteiger partial charge in [0.25, 0.3) is 0 Å². The smallest absolute Gasteiger partial charge is 0.164 e. The SMILES string of the molecule is CC(C)c1cccc(C2Cc3ccccc3CCC2c2ccc(-c3nc(-c4ccc(-c5nc6ccccc6n5-c5cccc(C(C)C)c5)cc4)nc(-c4ccc(-c5nc6ccccc6n5-c5cccc(C(C)C)c5)cc4)n3)cc2)c1. The van der Waals surface area contributed by atoms with E-state index in [9.17, 15) is 0 Å². The summed E-state index contributed by atoms with van der Waals surface area (Å²) in [6, 6.07) is 78.9. The summed E-state index contributed by atoms with van der Waals surface area (Å²) in [6.07, 6.45) is 3.13. The van der Waals surface area contributed by atoms with Gasteiger partial charge in [-0.25, -0.2) is 24.9 Å². The molecule has 0 aliphatic heterocycles. The van der Waals surface area contributed by atoms with Crippen LogP contribution in [0.15, 0.2) is 218 Å². The number of nitrogens with zero attached hydrogens (tertiary/aromatic N) is 7. The van der Waals surface area contributed by atoms with E-state index in [-0.39, 0.29) is 0 Å². The number of para-hydroxylation sites is 4. The van der Waals surface area contributed by atoms with Crippen LogP contribution in [0, 0.1) is 0 Å². The van der Waals surface area contributed by atoms with E-state index in [2.05, 4.69) is 269 Å². The zero-order chi connectivity index (χ0) is 54.4. The van der Waals surface area contributed by atoms with E-state index in [0.29, 0.717) is 47.1 Å². The van der Waals surface area contributed by atoms with Crippen molar-refractivity contribution in [2.75, 3.05) is 0 Å². The van der Waals surface area contributed by atoms with E-state index in [4.69, 9.17) is 24.9 Å². The minimum atomic E-state index is 0.333. The lowest BCUT2D eigenvalue weighted by atomic mass is 9.77. The topological polar surface area (TPSA) is 74.3 Å². The molecule has 7 nitrogen and oxygen atoms in total. The van der Waals surface area contributed by atoms with Gasteiger partial charge in [-0.3, -0.25) is 9.13 Å². The third-order valence-corrected chi connectivity index (χ3v) is 16.5. The maximum Gasteiger partial charge on any atom is 0.164 e. The first-order chi connectivity index (χ1) is 39.1. The first kappa shape index (κ1) is 50.4. The van der Waals surface area contributed by atoms with Gasteiger partial charge in [0.05, 0.1) is 22.1 Å². The molecule has 0 fully saturated rings. The lowest BCUT2D eigenvalue weighted by Crippen LogP contribution is -2.13. The van der Waals surface area contributed by atoms with Gasteiger partial charge in [-0.1, -0.05) is 211 Å². The molecular weight excluding hydrogens is 975 g/mol. The van der Waals surface area contributed by atoms with Crippen LogP contribution in [-0.4, -0.2) is 34.1 Å². The predicted octanol–water partition coefficient (Wildman–Crippen LogP) is 18.3. The third kappa shape index (κ3) is 9.72. The molecular formula is C73H65N7. The first-order valence-corrected chi connectivity index (χ1v) is 28.5. The summed E-state index contributed by atoms with van der Waals surface area (Å²) in [5.41, 5.74) is 20.6. The zero-order valence-corrected chi connectivity index (χ0v) is 46.4.